The Kier molecular flexibility index (Phi) is 32.3. The molecular weight excluding hydrogens is 765 g/mol. The fourth-order valence-electron chi connectivity index (χ4n) is 6.19. The number of carbonyl (C=O) groups is 2. The van der Waals surface area contributed by atoms with Crippen LogP contribution < -0.4 is 0 Å². The molecule has 6 atom stereocenters. The fourth-order valence-corrected chi connectivity index (χ4v) is 6.88. The minimum Gasteiger partial charge on any atom is -0.462 e. The van der Waals surface area contributed by atoms with Crippen LogP contribution in [0.25, 0.3) is 0 Å². The van der Waals surface area contributed by atoms with Crippen molar-refractivity contribution in [1.82, 2.24) is 0 Å². The van der Waals surface area contributed by atoms with Gasteiger partial charge in [-0.25, -0.2) is 0 Å². The Morgan fingerprint density at radius 1 is 0.603 bits per heavy atom. The van der Waals surface area contributed by atoms with Gasteiger partial charge >= 0.3 is 11.9 Å². The lowest BCUT2D eigenvalue weighted by atomic mass is 10.00. The van der Waals surface area contributed by atoms with Gasteiger partial charge in [0.05, 0.1) is 6.61 Å². The SMILES string of the molecule is CC/C=C/C/C=C/C/C=C/C/C=C/CCCCC(=O)O[C@H](COC(=O)CCCCCCC/C=C/CCCCCCCC)CO[C@H]1O[C@H](CS(=O)(=O)O)[C@@H](O)C(O)C1O. The highest BCUT2D eigenvalue weighted by atomic mass is 32.2. The van der Waals surface area contributed by atoms with E-state index in [4.69, 9.17) is 18.9 Å². The third kappa shape index (κ3) is 29.5. The van der Waals surface area contributed by atoms with Gasteiger partial charge in [0.2, 0.25) is 0 Å². The van der Waals surface area contributed by atoms with Crippen LogP contribution in [0.2, 0.25) is 0 Å². The van der Waals surface area contributed by atoms with E-state index in [2.05, 4.69) is 74.6 Å². The number of unbranched alkanes of at least 4 members (excludes halogenated alkanes) is 13. The lowest BCUT2D eigenvalue weighted by Crippen LogP contribution is -2.60. The van der Waals surface area contributed by atoms with Gasteiger partial charge in [-0.3, -0.25) is 14.1 Å². The molecule has 13 heteroatoms. The maximum Gasteiger partial charge on any atom is 0.306 e. The van der Waals surface area contributed by atoms with Crippen LogP contribution in [0, 0.1) is 0 Å². The first-order valence-electron chi connectivity index (χ1n) is 21.8. The van der Waals surface area contributed by atoms with Crippen molar-refractivity contribution in [2.75, 3.05) is 19.0 Å². The summed E-state index contributed by atoms with van der Waals surface area (Å²) in [5, 5.41) is 30.8. The maximum absolute atomic E-state index is 12.8. The Morgan fingerprint density at radius 3 is 1.67 bits per heavy atom. The number of hydrogen-bond acceptors (Lipinski definition) is 11. The van der Waals surface area contributed by atoms with Crippen LogP contribution in [0.5, 0.6) is 0 Å². The Bertz CT molecular complexity index is 1310. The molecule has 0 saturated carbocycles. The highest BCUT2D eigenvalue weighted by Crippen LogP contribution is 2.24. The number of ether oxygens (including phenoxy) is 4. The van der Waals surface area contributed by atoms with Crippen LogP contribution in [0.1, 0.15) is 155 Å². The van der Waals surface area contributed by atoms with E-state index in [1.54, 1.807) is 0 Å². The molecule has 2 unspecified atom stereocenters. The Hall–Kier alpha value is -2.65. The standard InChI is InChI=1S/C45H76O12S/c1-3-5-7-9-11-13-15-17-19-21-23-25-27-29-31-33-40(46)54-35-38(36-55-45-44(50)43(49)42(48)39(57-45)37-58(51,52)53)56-41(47)34-32-30-28-26-24-22-20-18-16-14-12-10-8-6-4-2/h6,8,12,14,17-20,24,26,38-39,42-45,48-50H,3-5,7,9-11,13,15-16,21-23,25,27-37H2,1-2H3,(H,51,52,53)/b8-6+,14-12+,19-17+,20-18+,26-24+/t38-,39-,42-,43?,44?,45+/m1/s1. The van der Waals surface area contributed by atoms with Crippen LogP contribution in [0.4, 0.5) is 0 Å². The zero-order chi connectivity index (χ0) is 42.7. The molecule has 334 valence electrons. The first kappa shape index (κ1) is 53.4. The molecule has 0 spiro atoms. The first-order chi connectivity index (χ1) is 28.0. The van der Waals surface area contributed by atoms with Gasteiger partial charge in [-0.1, -0.05) is 126 Å². The molecule has 1 aliphatic rings. The molecule has 0 aromatic rings. The quantitative estimate of drug-likeness (QED) is 0.0207. The number of rotatable bonds is 35. The highest BCUT2D eigenvalue weighted by Gasteiger charge is 2.46. The van der Waals surface area contributed by atoms with E-state index in [0.29, 0.717) is 12.8 Å². The van der Waals surface area contributed by atoms with Gasteiger partial charge < -0.3 is 34.3 Å². The summed E-state index contributed by atoms with van der Waals surface area (Å²) in [5.74, 6) is -2.06. The molecule has 1 aliphatic heterocycles. The molecule has 0 amide bonds. The van der Waals surface area contributed by atoms with Crippen molar-refractivity contribution in [3.05, 3.63) is 60.8 Å². The van der Waals surface area contributed by atoms with E-state index < -0.39 is 71.2 Å². The number of aliphatic hydroxyl groups is 3. The summed E-state index contributed by atoms with van der Waals surface area (Å²) in [6.07, 6.45) is 32.7. The smallest absolute Gasteiger partial charge is 0.306 e. The largest absolute Gasteiger partial charge is 0.462 e. The van der Waals surface area contributed by atoms with Crippen molar-refractivity contribution in [3.63, 3.8) is 0 Å². The van der Waals surface area contributed by atoms with Crippen LogP contribution >= 0.6 is 0 Å². The second kappa shape index (κ2) is 35.1. The summed E-state index contributed by atoms with van der Waals surface area (Å²) < 4.78 is 53.9. The van der Waals surface area contributed by atoms with Crippen molar-refractivity contribution < 1.29 is 56.8 Å². The molecule has 0 aliphatic carbocycles. The molecule has 0 aromatic heterocycles. The Balaban J connectivity index is 2.51. The molecule has 12 nitrogen and oxygen atoms in total. The Labute approximate surface area is 349 Å². The molecule has 1 saturated heterocycles. The minimum absolute atomic E-state index is 0.108. The number of aliphatic hydroxyl groups excluding tert-OH is 3. The maximum atomic E-state index is 12.8. The van der Waals surface area contributed by atoms with E-state index in [9.17, 15) is 37.9 Å². The number of esters is 2. The van der Waals surface area contributed by atoms with Gasteiger partial charge in [0, 0.05) is 12.8 Å². The first-order valence-corrected chi connectivity index (χ1v) is 23.5. The molecule has 0 radical (unpaired) electrons. The van der Waals surface area contributed by atoms with Crippen LogP contribution in [-0.4, -0.2) is 96.0 Å². The Morgan fingerprint density at radius 2 is 1.09 bits per heavy atom. The predicted molar refractivity (Wildman–Crippen MR) is 229 cm³/mol. The molecular formula is C45H76O12S. The van der Waals surface area contributed by atoms with Crippen LogP contribution in [-0.2, 0) is 38.7 Å². The van der Waals surface area contributed by atoms with E-state index in [-0.39, 0.29) is 19.4 Å². The van der Waals surface area contributed by atoms with Gasteiger partial charge in [-0.05, 0) is 77.0 Å². The molecule has 4 N–H and O–H groups in total. The summed E-state index contributed by atoms with van der Waals surface area (Å²) in [5.41, 5.74) is 0. The number of allylic oxidation sites excluding steroid dienone is 10. The van der Waals surface area contributed by atoms with Crippen molar-refractivity contribution in [3.8, 4) is 0 Å². The van der Waals surface area contributed by atoms with Gasteiger partial charge in [0.15, 0.2) is 12.4 Å². The number of carbonyl (C=O) groups excluding carboxylic acids is 2. The summed E-state index contributed by atoms with van der Waals surface area (Å²) in [6, 6.07) is 0. The predicted octanol–water partition coefficient (Wildman–Crippen LogP) is 8.56. The average Bonchev–Trinajstić information content (AvgIpc) is 3.18. The van der Waals surface area contributed by atoms with Gasteiger partial charge in [0.25, 0.3) is 10.1 Å². The minimum atomic E-state index is -4.61. The summed E-state index contributed by atoms with van der Waals surface area (Å²) in [6.45, 7) is 3.58. The monoisotopic (exact) mass is 841 g/mol. The van der Waals surface area contributed by atoms with Gasteiger partial charge in [-0.15, -0.1) is 0 Å². The van der Waals surface area contributed by atoms with Crippen molar-refractivity contribution in [1.29, 1.82) is 0 Å². The lowest BCUT2D eigenvalue weighted by molar-refractivity contribution is -0.297. The van der Waals surface area contributed by atoms with Crippen molar-refractivity contribution >= 4 is 22.1 Å². The highest BCUT2D eigenvalue weighted by molar-refractivity contribution is 7.85. The van der Waals surface area contributed by atoms with Gasteiger partial charge in [-0.2, -0.15) is 8.42 Å². The molecule has 1 heterocycles. The lowest BCUT2D eigenvalue weighted by Gasteiger charge is -2.40. The molecule has 0 aromatic carbocycles. The second-order valence-corrected chi connectivity index (χ2v) is 16.5. The third-order valence-electron chi connectivity index (χ3n) is 9.58. The van der Waals surface area contributed by atoms with Crippen LogP contribution in [0.15, 0.2) is 60.8 Å². The molecule has 1 rings (SSSR count). The zero-order valence-electron chi connectivity index (χ0n) is 35.4. The fraction of sp³-hybridized carbons (Fsp3) is 0.733. The van der Waals surface area contributed by atoms with Gasteiger partial charge in [0.1, 0.15) is 36.8 Å². The van der Waals surface area contributed by atoms with E-state index in [0.717, 1.165) is 77.0 Å². The summed E-state index contributed by atoms with van der Waals surface area (Å²) in [4.78, 5) is 25.3. The summed E-state index contributed by atoms with van der Waals surface area (Å²) in [7, 11) is -4.61. The average molecular weight is 841 g/mol. The van der Waals surface area contributed by atoms with Crippen molar-refractivity contribution in [2.24, 2.45) is 0 Å². The second-order valence-electron chi connectivity index (χ2n) is 15.0. The molecule has 58 heavy (non-hydrogen) atoms. The van der Waals surface area contributed by atoms with E-state index in [1.165, 1.54) is 38.5 Å². The number of hydrogen-bond donors (Lipinski definition) is 4. The van der Waals surface area contributed by atoms with E-state index in [1.807, 2.05) is 0 Å². The molecule has 1 fully saturated rings. The normalized spacial score (nSPS) is 21.0. The molecule has 0 bridgehead atoms. The van der Waals surface area contributed by atoms with E-state index >= 15 is 0 Å². The van der Waals surface area contributed by atoms with Crippen LogP contribution in [0.3, 0.4) is 0 Å². The zero-order valence-corrected chi connectivity index (χ0v) is 36.2. The third-order valence-corrected chi connectivity index (χ3v) is 10.3. The van der Waals surface area contributed by atoms with Crippen molar-refractivity contribution in [2.45, 2.75) is 192 Å². The summed E-state index contributed by atoms with van der Waals surface area (Å²) >= 11 is 0. The topological polar surface area (TPSA) is 186 Å².